The maximum atomic E-state index is 11.7. The largest absolute Gasteiger partial charge is 0.394 e. The van der Waals surface area contributed by atoms with Gasteiger partial charge in [0, 0.05) is 4.88 Å². The van der Waals surface area contributed by atoms with Gasteiger partial charge in [-0.25, -0.2) is 9.78 Å². The summed E-state index contributed by atoms with van der Waals surface area (Å²) >= 11 is 1.59. The number of hydrogen-bond acceptors (Lipinski definition) is 4. The van der Waals surface area contributed by atoms with E-state index in [9.17, 15) is 9.90 Å². The fraction of sp³-hybridized carbons (Fsp3) is 0.692. The summed E-state index contributed by atoms with van der Waals surface area (Å²) in [6, 6.07) is -0.454. The van der Waals surface area contributed by atoms with E-state index in [-0.39, 0.29) is 18.7 Å². The van der Waals surface area contributed by atoms with E-state index in [1.165, 1.54) is 4.88 Å². The smallest absolute Gasteiger partial charge is 0.315 e. The van der Waals surface area contributed by atoms with Crippen LogP contribution >= 0.6 is 11.3 Å². The zero-order chi connectivity index (χ0) is 14.4. The van der Waals surface area contributed by atoms with Crippen molar-refractivity contribution in [2.45, 2.75) is 46.7 Å². The van der Waals surface area contributed by atoms with Gasteiger partial charge in [0.1, 0.15) is 5.01 Å². The lowest BCUT2D eigenvalue weighted by Gasteiger charge is -2.18. The first kappa shape index (κ1) is 15.9. The van der Waals surface area contributed by atoms with Gasteiger partial charge in [-0.3, -0.25) is 0 Å². The summed E-state index contributed by atoms with van der Waals surface area (Å²) in [4.78, 5) is 17.2. The SMILES string of the molecule is Cc1nc(CNC(=O)NC(CO)CC(C)C)sc1C. The zero-order valence-corrected chi connectivity index (χ0v) is 12.8. The average molecular weight is 285 g/mol. The van der Waals surface area contributed by atoms with Gasteiger partial charge in [-0.15, -0.1) is 11.3 Å². The van der Waals surface area contributed by atoms with Crippen LogP contribution in [0.1, 0.15) is 35.8 Å². The maximum absolute atomic E-state index is 11.7. The second kappa shape index (κ2) is 7.45. The van der Waals surface area contributed by atoms with Gasteiger partial charge in [-0.2, -0.15) is 0 Å². The molecule has 0 fully saturated rings. The molecule has 0 saturated heterocycles. The molecule has 108 valence electrons. The lowest BCUT2D eigenvalue weighted by atomic mass is 10.0. The molecule has 0 saturated carbocycles. The van der Waals surface area contributed by atoms with Crippen LogP contribution in [0.25, 0.3) is 0 Å². The molecular formula is C13H23N3O2S. The Kier molecular flexibility index (Phi) is 6.24. The molecule has 1 unspecified atom stereocenters. The Morgan fingerprint density at radius 1 is 1.42 bits per heavy atom. The molecule has 1 rings (SSSR count). The molecule has 1 heterocycles. The van der Waals surface area contributed by atoms with E-state index in [2.05, 4.69) is 29.5 Å². The minimum Gasteiger partial charge on any atom is -0.394 e. The van der Waals surface area contributed by atoms with Crippen molar-refractivity contribution >= 4 is 17.4 Å². The second-order valence-corrected chi connectivity index (χ2v) is 6.37. The molecule has 1 aromatic heterocycles. The van der Waals surface area contributed by atoms with E-state index >= 15 is 0 Å². The highest BCUT2D eigenvalue weighted by Crippen LogP contribution is 2.15. The van der Waals surface area contributed by atoms with Crippen LogP contribution in [0.15, 0.2) is 0 Å². The first-order valence-electron chi connectivity index (χ1n) is 6.50. The number of thiazole rings is 1. The van der Waals surface area contributed by atoms with Gasteiger partial charge in [0.15, 0.2) is 0 Å². The lowest BCUT2D eigenvalue weighted by molar-refractivity contribution is 0.206. The monoisotopic (exact) mass is 285 g/mol. The number of rotatable bonds is 6. The molecule has 6 heteroatoms. The number of aliphatic hydroxyl groups excluding tert-OH is 1. The molecule has 1 aromatic rings. The number of aromatic nitrogens is 1. The van der Waals surface area contributed by atoms with Crippen LogP contribution in [0, 0.1) is 19.8 Å². The molecule has 0 aliphatic rings. The molecule has 0 aliphatic carbocycles. The van der Waals surface area contributed by atoms with Gasteiger partial charge in [-0.05, 0) is 26.2 Å². The van der Waals surface area contributed by atoms with Crippen LogP contribution in [0.3, 0.4) is 0 Å². The van der Waals surface area contributed by atoms with Gasteiger partial charge < -0.3 is 15.7 Å². The predicted molar refractivity (Wildman–Crippen MR) is 77.3 cm³/mol. The van der Waals surface area contributed by atoms with E-state index in [1.54, 1.807) is 11.3 Å². The van der Waals surface area contributed by atoms with Crippen molar-refractivity contribution in [1.82, 2.24) is 15.6 Å². The Balaban J connectivity index is 2.38. The number of hydrogen-bond donors (Lipinski definition) is 3. The molecule has 0 bridgehead atoms. The van der Waals surface area contributed by atoms with Crippen LogP contribution < -0.4 is 10.6 Å². The number of urea groups is 1. The highest BCUT2D eigenvalue weighted by molar-refractivity contribution is 7.11. The fourth-order valence-electron chi connectivity index (χ4n) is 1.76. The third-order valence-corrected chi connectivity index (χ3v) is 3.86. The van der Waals surface area contributed by atoms with Crippen molar-refractivity contribution in [2.75, 3.05) is 6.61 Å². The number of nitrogens with zero attached hydrogens (tertiary/aromatic N) is 1. The summed E-state index contributed by atoms with van der Waals surface area (Å²) in [5.74, 6) is 0.432. The van der Waals surface area contributed by atoms with Crippen LogP contribution in [0.5, 0.6) is 0 Å². The predicted octanol–water partition coefficient (Wildman–Crippen LogP) is 1.97. The van der Waals surface area contributed by atoms with Crippen LogP contribution in [0.2, 0.25) is 0 Å². The number of carbonyl (C=O) groups excluding carboxylic acids is 1. The number of carbonyl (C=O) groups is 1. The highest BCUT2D eigenvalue weighted by atomic mass is 32.1. The number of amides is 2. The molecule has 0 aromatic carbocycles. The standard InChI is InChI=1S/C13H23N3O2S/c1-8(2)5-11(7-17)16-13(18)14-6-12-15-9(3)10(4)19-12/h8,11,17H,5-7H2,1-4H3,(H2,14,16,18). The van der Waals surface area contributed by atoms with E-state index in [1.807, 2.05) is 13.8 Å². The summed E-state index contributed by atoms with van der Waals surface area (Å²) in [7, 11) is 0. The minimum atomic E-state index is -0.259. The molecule has 0 radical (unpaired) electrons. The van der Waals surface area contributed by atoms with E-state index in [4.69, 9.17) is 0 Å². The summed E-state index contributed by atoms with van der Waals surface area (Å²) in [5, 5.41) is 15.6. The molecule has 3 N–H and O–H groups in total. The van der Waals surface area contributed by atoms with E-state index < -0.39 is 0 Å². The van der Waals surface area contributed by atoms with Gasteiger partial charge >= 0.3 is 6.03 Å². The summed E-state index contributed by atoms with van der Waals surface area (Å²) in [5.41, 5.74) is 1.01. The van der Waals surface area contributed by atoms with Crippen molar-refractivity contribution < 1.29 is 9.90 Å². The summed E-state index contributed by atoms with van der Waals surface area (Å²) < 4.78 is 0. The molecule has 5 nitrogen and oxygen atoms in total. The first-order valence-corrected chi connectivity index (χ1v) is 7.32. The van der Waals surface area contributed by atoms with Crippen molar-refractivity contribution in [3.8, 4) is 0 Å². The third-order valence-electron chi connectivity index (χ3n) is 2.78. The number of nitrogens with one attached hydrogen (secondary N) is 2. The molecular weight excluding hydrogens is 262 g/mol. The Bertz CT molecular complexity index is 399. The summed E-state index contributed by atoms with van der Waals surface area (Å²) in [6.07, 6.45) is 0.763. The molecule has 2 amide bonds. The van der Waals surface area contributed by atoms with Gasteiger partial charge in [0.05, 0.1) is 24.9 Å². The van der Waals surface area contributed by atoms with Gasteiger partial charge in [0.25, 0.3) is 0 Å². The van der Waals surface area contributed by atoms with E-state index in [0.717, 1.165) is 17.1 Å². The van der Waals surface area contributed by atoms with Crippen molar-refractivity contribution in [3.63, 3.8) is 0 Å². The average Bonchev–Trinajstić information content (AvgIpc) is 2.65. The van der Waals surface area contributed by atoms with E-state index in [0.29, 0.717) is 12.5 Å². The highest BCUT2D eigenvalue weighted by Gasteiger charge is 2.13. The number of aryl methyl sites for hydroxylation is 2. The van der Waals surface area contributed by atoms with Crippen LogP contribution in [-0.2, 0) is 6.54 Å². The van der Waals surface area contributed by atoms with Gasteiger partial charge in [-0.1, -0.05) is 13.8 Å². The summed E-state index contributed by atoms with van der Waals surface area (Å²) in [6.45, 7) is 8.47. The fourth-order valence-corrected chi connectivity index (χ4v) is 2.63. The minimum absolute atomic E-state index is 0.0406. The lowest BCUT2D eigenvalue weighted by Crippen LogP contribution is -2.44. The maximum Gasteiger partial charge on any atom is 0.315 e. The number of aliphatic hydroxyl groups is 1. The normalized spacial score (nSPS) is 12.5. The Hall–Kier alpha value is -1.14. The Morgan fingerprint density at radius 2 is 2.11 bits per heavy atom. The molecule has 0 aliphatic heterocycles. The van der Waals surface area contributed by atoms with Gasteiger partial charge in [0.2, 0.25) is 0 Å². The molecule has 1 atom stereocenters. The molecule has 0 spiro atoms. The first-order chi connectivity index (χ1) is 8.92. The topological polar surface area (TPSA) is 74.2 Å². The van der Waals surface area contributed by atoms with Crippen molar-refractivity contribution in [3.05, 3.63) is 15.6 Å². The Morgan fingerprint density at radius 3 is 2.58 bits per heavy atom. The van der Waals surface area contributed by atoms with Crippen LogP contribution in [-0.4, -0.2) is 28.8 Å². The van der Waals surface area contributed by atoms with Crippen molar-refractivity contribution in [1.29, 1.82) is 0 Å². The third kappa shape index (κ3) is 5.57. The molecule has 19 heavy (non-hydrogen) atoms. The Labute approximate surface area is 118 Å². The van der Waals surface area contributed by atoms with Crippen molar-refractivity contribution in [2.24, 2.45) is 5.92 Å². The van der Waals surface area contributed by atoms with Crippen LogP contribution in [0.4, 0.5) is 4.79 Å². The second-order valence-electron chi connectivity index (χ2n) is 5.09. The zero-order valence-electron chi connectivity index (χ0n) is 12.0. The quantitative estimate of drug-likeness (QED) is 0.748.